The van der Waals surface area contributed by atoms with Crippen LogP contribution in [0.2, 0.25) is 18.1 Å². The van der Waals surface area contributed by atoms with Crippen LogP contribution in [0, 0.1) is 41.4 Å². The number of fused-ring (bicyclic) bond motifs is 2. The first kappa shape index (κ1) is 26.2. The molecule has 32 heavy (non-hydrogen) atoms. The molecule has 3 aliphatic rings. The fourth-order valence-electron chi connectivity index (χ4n) is 5.70. The molecule has 7 atom stereocenters. The summed E-state index contributed by atoms with van der Waals surface area (Å²) >= 11 is 0. The van der Waals surface area contributed by atoms with Gasteiger partial charge in [0.15, 0.2) is 14.1 Å². The first-order chi connectivity index (χ1) is 14.9. The van der Waals surface area contributed by atoms with Gasteiger partial charge in [-0.15, -0.1) is 0 Å². The van der Waals surface area contributed by atoms with E-state index in [1.165, 1.54) is 12.8 Å². The van der Waals surface area contributed by atoms with Gasteiger partial charge in [-0.2, -0.15) is 0 Å². The highest BCUT2D eigenvalue weighted by atomic mass is 28.4. The largest absolute Gasteiger partial charge is 0.403 e. The fraction of sp³-hybridized carbons (Fsp3) is 0.926. The Labute approximate surface area is 198 Å². The maximum atomic E-state index is 10.9. The molecule has 1 saturated heterocycles. The number of aliphatic hydroxyl groups is 1. The van der Waals surface area contributed by atoms with Crippen LogP contribution in [0.5, 0.6) is 0 Å². The molecule has 5 heteroatoms. The molecule has 0 aromatic carbocycles. The molecule has 1 aliphatic heterocycles. The van der Waals surface area contributed by atoms with Crippen molar-refractivity contribution in [1.29, 1.82) is 0 Å². The highest BCUT2D eigenvalue weighted by Crippen LogP contribution is 2.61. The fourth-order valence-corrected chi connectivity index (χ4v) is 6.94. The van der Waals surface area contributed by atoms with Crippen LogP contribution in [0.4, 0.5) is 0 Å². The Balaban J connectivity index is 1.75. The van der Waals surface area contributed by atoms with Gasteiger partial charge in [-0.1, -0.05) is 66.2 Å². The zero-order chi connectivity index (χ0) is 23.7. The zero-order valence-corrected chi connectivity index (χ0v) is 22.9. The topological polar surface area (TPSA) is 47.9 Å². The Morgan fingerprint density at radius 3 is 2.41 bits per heavy atom. The molecule has 1 spiro atoms. The molecular formula is C27H48O4Si. The van der Waals surface area contributed by atoms with E-state index in [1.54, 1.807) is 0 Å². The Hall–Kier alpha value is -0.383. The van der Waals surface area contributed by atoms with Gasteiger partial charge in [0.25, 0.3) is 0 Å². The van der Waals surface area contributed by atoms with Gasteiger partial charge < -0.3 is 19.0 Å². The molecule has 3 rings (SSSR count). The maximum absolute atomic E-state index is 10.9. The van der Waals surface area contributed by atoms with E-state index in [9.17, 15) is 5.11 Å². The number of ether oxygens (including phenoxy) is 2. The van der Waals surface area contributed by atoms with Gasteiger partial charge in [0.1, 0.15) is 6.10 Å². The molecule has 0 bridgehead atoms. The summed E-state index contributed by atoms with van der Waals surface area (Å²) in [7, 11) is -1.92. The summed E-state index contributed by atoms with van der Waals surface area (Å²) in [6.07, 6.45) is 5.91. The van der Waals surface area contributed by atoms with E-state index in [2.05, 4.69) is 66.5 Å². The van der Waals surface area contributed by atoms with Crippen molar-refractivity contribution in [3.8, 4) is 11.8 Å². The minimum atomic E-state index is -1.92. The van der Waals surface area contributed by atoms with Crippen molar-refractivity contribution in [3.63, 3.8) is 0 Å². The van der Waals surface area contributed by atoms with Crippen LogP contribution < -0.4 is 0 Å². The zero-order valence-electron chi connectivity index (χ0n) is 21.9. The Morgan fingerprint density at radius 1 is 1.16 bits per heavy atom. The monoisotopic (exact) mass is 464 g/mol. The van der Waals surface area contributed by atoms with Crippen LogP contribution in [0.15, 0.2) is 0 Å². The van der Waals surface area contributed by atoms with Crippen LogP contribution in [0.25, 0.3) is 0 Å². The molecule has 1 heterocycles. The predicted octanol–water partition coefficient (Wildman–Crippen LogP) is 5.99. The first-order valence-corrected chi connectivity index (χ1v) is 16.0. The lowest BCUT2D eigenvalue weighted by molar-refractivity contribution is -0.334. The lowest BCUT2D eigenvalue weighted by atomic mass is 9.50. The normalized spacial score (nSPS) is 33.7. The third-order valence-corrected chi connectivity index (χ3v) is 13.5. The summed E-state index contributed by atoms with van der Waals surface area (Å²) in [6.45, 7) is 19.7. The SMILES string of the molecule is CCC(C)CCC[C@@H](C#C[C@@H]1[C@H]2C(C)C3(OCCO3)[C@H]2CC[C@H]1O)O[Si](C)(C)C(C)(C)C. The van der Waals surface area contributed by atoms with Crippen LogP contribution in [0.3, 0.4) is 0 Å². The molecule has 4 nitrogen and oxygen atoms in total. The number of rotatable bonds is 7. The van der Waals surface area contributed by atoms with Gasteiger partial charge in [-0.3, -0.25) is 0 Å². The quantitative estimate of drug-likeness (QED) is 0.371. The number of aliphatic hydroxyl groups excluding tert-OH is 1. The molecular weight excluding hydrogens is 416 g/mol. The summed E-state index contributed by atoms with van der Waals surface area (Å²) in [6, 6.07) is 0. The van der Waals surface area contributed by atoms with E-state index in [-0.39, 0.29) is 29.1 Å². The van der Waals surface area contributed by atoms with Gasteiger partial charge in [0, 0.05) is 11.8 Å². The van der Waals surface area contributed by atoms with Gasteiger partial charge in [0.2, 0.25) is 0 Å². The molecule has 3 fully saturated rings. The second kappa shape index (κ2) is 10.1. The highest BCUT2D eigenvalue weighted by molar-refractivity contribution is 6.74. The Morgan fingerprint density at radius 2 is 1.81 bits per heavy atom. The van der Waals surface area contributed by atoms with E-state index in [0.29, 0.717) is 25.0 Å². The van der Waals surface area contributed by atoms with Gasteiger partial charge in [-0.25, -0.2) is 0 Å². The minimum absolute atomic E-state index is 0.0118. The van der Waals surface area contributed by atoms with Crippen molar-refractivity contribution in [1.82, 2.24) is 0 Å². The molecule has 0 amide bonds. The van der Waals surface area contributed by atoms with Crippen LogP contribution in [-0.2, 0) is 13.9 Å². The number of hydrogen-bond acceptors (Lipinski definition) is 4. The summed E-state index contributed by atoms with van der Waals surface area (Å²) in [5.41, 5.74) is 0. The second-order valence-electron chi connectivity index (χ2n) is 12.2. The average molecular weight is 465 g/mol. The summed E-state index contributed by atoms with van der Waals surface area (Å²) in [5, 5.41) is 11.0. The Bertz CT molecular complexity index is 682. The van der Waals surface area contributed by atoms with Gasteiger partial charge in [-0.05, 0) is 55.7 Å². The van der Waals surface area contributed by atoms with Crippen molar-refractivity contribution in [3.05, 3.63) is 0 Å². The molecule has 2 saturated carbocycles. The Kier molecular flexibility index (Phi) is 8.26. The van der Waals surface area contributed by atoms with Gasteiger partial charge in [0.05, 0.1) is 25.2 Å². The van der Waals surface area contributed by atoms with Crippen LogP contribution in [0.1, 0.15) is 80.1 Å². The van der Waals surface area contributed by atoms with Gasteiger partial charge >= 0.3 is 0 Å². The molecule has 0 aromatic rings. The van der Waals surface area contributed by atoms with Crippen LogP contribution in [-0.4, -0.2) is 44.6 Å². The molecule has 2 unspecified atom stereocenters. The lowest BCUT2D eigenvalue weighted by Crippen LogP contribution is -2.67. The summed E-state index contributed by atoms with van der Waals surface area (Å²) in [5.74, 6) is 8.39. The summed E-state index contributed by atoms with van der Waals surface area (Å²) in [4.78, 5) is 0. The smallest absolute Gasteiger partial charge is 0.193 e. The van der Waals surface area contributed by atoms with E-state index in [4.69, 9.17) is 13.9 Å². The van der Waals surface area contributed by atoms with Crippen molar-refractivity contribution < 1.29 is 19.0 Å². The maximum Gasteiger partial charge on any atom is 0.193 e. The highest BCUT2D eigenvalue weighted by Gasteiger charge is 2.67. The van der Waals surface area contributed by atoms with E-state index in [1.807, 2.05) is 0 Å². The van der Waals surface area contributed by atoms with Crippen molar-refractivity contribution in [2.45, 2.75) is 116 Å². The van der Waals surface area contributed by atoms with Crippen molar-refractivity contribution in [2.75, 3.05) is 13.2 Å². The van der Waals surface area contributed by atoms with E-state index in [0.717, 1.165) is 31.6 Å². The molecule has 184 valence electrons. The van der Waals surface area contributed by atoms with Crippen molar-refractivity contribution >= 4 is 8.32 Å². The summed E-state index contributed by atoms with van der Waals surface area (Å²) < 4.78 is 18.9. The average Bonchev–Trinajstić information content (AvgIpc) is 3.23. The van der Waals surface area contributed by atoms with Crippen LogP contribution >= 0.6 is 0 Å². The lowest BCUT2D eigenvalue weighted by Gasteiger charge is -2.61. The molecule has 0 radical (unpaired) electrons. The molecule has 0 aromatic heterocycles. The molecule has 2 aliphatic carbocycles. The van der Waals surface area contributed by atoms with Crippen molar-refractivity contribution in [2.24, 2.45) is 29.6 Å². The standard InChI is InChI=1S/C27H48O4Si/c1-9-19(2)11-10-12-21(31-32(7,8)26(4,5)6)13-14-22-24(28)16-15-23-25(22)20(3)27(23)29-17-18-30-27/h19-25,28H,9-12,15-18H2,1-8H3/t19?,20?,21-,22-,23-,24+,25+/m0/s1. The second-order valence-corrected chi connectivity index (χ2v) is 16.9. The third kappa shape index (κ3) is 5.15. The third-order valence-electron chi connectivity index (χ3n) is 9.05. The van der Waals surface area contributed by atoms with E-state index < -0.39 is 14.1 Å². The molecule has 1 N–H and O–H groups in total. The first-order valence-electron chi connectivity index (χ1n) is 13.1. The number of hydrogen-bond donors (Lipinski definition) is 1. The van der Waals surface area contributed by atoms with E-state index >= 15 is 0 Å². The predicted molar refractivity (Wildman–Crippen MR) is 133 cm³/mol. The minimum Gasteiger partial charge on any atom is -0.403 e.